The summed E-state index contributed by atoms with van der Waals surface area (Å²) in [6.45, 7) is 0. The van der Waals surface area contributed by atoms with Crippen LogP contribution in [-0.2, 0) is 0 Å². The van der Waals surface area contributed by atoms with E-state index in [2.05, 4.69) is 0 Å². The van der Waals surface area contributed by atoms with E-state index in [1.807, 2.05) is 0 Å². The fourth-order valence-corrected chi connectivity index (χ4v) is 2.62. The topological polar surface area (TPSA) is 43.1 Å². The minimum atomic E-state index is -0.555. The molecule has 0 aromatic heterocycles. The Morgan fingerprint density at radius 1 is 0.952 bits per heavy atom. The molecule has 21 heavy (non-hydrogen) atoms. The van der Waals surface area contributed by atoms with Gasteiger partial charge < -0.3 is 0 Å². The predicted molar refractivity (Wildman–Crippen MR) is 87.3 cm³/mol. The predicted octanol–water partition coefficient (Wildman–Crippen LogP) is 6.10. The van der Waals surface area contributed by atoms with Gasteiger partial charge in [0.15, 0.2) is 0 Å². The van der Waals surface area contributed by atoms with Gasteiger partial charge in [-0.2, -0.15) is 0 Å². The van der Waals surface area contributed by atoms with Crippen molar-refractivity contribution in [1.29, 1.82) is 0 Å². The van der Waals surface area contributed by atoms with Crippen LogP contribution >= 0.6 is 46.4 Å². The molecule has 2 aromatic carbocycles. The first-order valence-electron chi connectivity index (χ1n) is 5.65. The molecule has 7 heteroatoms. The van der Waals surface area contributed by atoms with Crippen LogP contribution in [0.15, 0.2) is 47.0 Å². The highest BCUT2D eigenvalue weighted by atomic mass is 35.5. The summed E-state index contributed by atoms with van der Waals surface area (Å²) in [5.41, 5.74) is 1.64. The lowest BCUT2D eigenvalue weighted by Gasteiger charge is -2.09. The Morgan fingerprint density at radius 3 is 2.00 bits per heavy atom. The molecule has 0 atom stereocenters. The number of nitrogens with zero attached hydrogens (tertiary/aromatic N) is 1. The third-order valence-corrected chi connectivity index (χ3v) is 3.69. The van der Waals surface area contributed by atoms with Crippen molar-refractivity contribution in [3.05, 3.63) is 78.2 Å². The van der Waals surface area contributed by atoms with Crippen LogP contribution in [0.5, 0.6) is 0 Å². The Labute approximate surface area is 140 Å². The molecule has 0 radical (unpaired) electrons. The van der Waals surface area contributed by atoms with Crippen LogP contribution in [0.2, 0.25) is 10.0 Å². The molecular formula is C14H7Cl4NO2. The third-order valence-electron chi connectivity index (χ3n) is 2.75. The van der Waals surface area contributed by atoms with E-state index in [-0.39, 0.29) is 15.2 Å². The van der Waals surface area contributed by atoms with Gasteiger partial charge in [-0.15, -0.1) is 0 Å². The maximum absolute atomic E-state index is 10.8. The van der Waals surface area contributed by atoms with Gasteiger partial charge in [-0.25, -0.2) is 0 Å². The number of hydrogen-bond donors (Lipinski definition) is 0. The van der Waals surface area contributed by atoms with Crippen LogP contribution < -0.4 is 0 Å². The third kappa shape index (κ3) is 3.69. The largest absolute Gasteiger partial charge is 0.287 e. The lowest BCUT2D eigenvalue weighted by Crippen LogP contribution is -1.93. The molecule has 0 aliphatic carbocycles. The first-order chi connectivity index (χ1) is 9.90. The fourth-order valence-electron chi connectivity index (χ4n) is 1.81. The average Bonchev–Trinajstić information content (AvgIpc) is 2.40. The van der Waals surface area contributed by atoms with Crippen LogP contribution in [0.25, 0.3) is 5.57 Å². The van der Waals surface area contributed by atoms with E-state index in [0.717, 1.165) is 5.56 Å². The summed E-state index contributed by atoms with van der Waals surface area (Å²) in [5, 5.41) is 11.4. The standard InChI is InChI=1S/C14H7Cl4NO2/c15-10-4-1-8(2-5-10)13(14(17)18)9-3-6-12(19(20)21)11(16)7-9/h1-7H. The average molecular weight is 363 g/mol. The van der Waals surface area contributed by atoms with Gasteiger partial charge in [-0.05, 0) is 35.4 Å². The molecule has 0 heterocycles. The first kappa shape index (κ1) is 16.1. The Bertz CT molecular complexity index is 722. The number of nitro benzene ring substituents is 1. The number of rotatable bonds is 3. The number of benzene rings is 2. The van der Waals surface area contributed by atoms with Gasteiger partial charge >= 0.3 is 0 Å². The summed E-state index contributed by atoms with van der Waals surface area (Å²) < 4.78 is 0.0299. The molecule has 0 N–H and O–H groups in total. The monoisotopic (exact) mass is 361 g/mol. The molecule has 0 aliphatic heterocycles. The van der Waals surface area contributed by atoms with E-state index in [1.54, 1.807) is 30.3 Å². The number of halogens is 4. The summed E-state index contributed by atoms with van der Waals surface area (Å²) in [4.78, 5) is 10.2. The summed E-state index contributed by atoms with van der Waals surface area (Å²) in [5.74, 6) is 0. The molecule has 0 fully saturated rings. The lowest BCUT2D eigenvalue weighted by atomic mass is 9.99. The molecule has 0 saturated heterocycles. The molecule has 0 unspecified atom stereocenters. The Balaban J connectivity index is 2.55. The first-order valence-corrected chi connectivity index (χ1v) is 7.17. The van der Waals surface area contributed by atoms with Crippen LogP contribution in [0, 0.1) is 10.1 Å². The maximum atomic E-state index is 10.8. The van der Waals surface area contributed by atoms with E-state index >= 15 is 0 Å². The van der Waals surface area contributed by atoms with Crippen LogP contribution in [0.1, 0.15) is 11.1 Å². The van der Waals surface area contributed by atoms with Crippen LogP contribution in [0.3, 0.4) is 0 Å². The summed E-state index contributed by atoms with van der Waals surface area (Å²) in [7, 11) is 0. The van der Waals surface area contributed by atoms with Gasteiger partial charge in [0.1, 0.15) is 9.51 Å². The zero-order chi connectivity index (χ0) is 15.6. The van der Waals surface area contributed by atoms with Crippen molar-refractivity contribution in [3.63, 3.8) is 0 Å². The van der Waals surface area contributed by atoms with Gasteiger partial charge in [0.25, 0.3) is 5.69 Å². The highest BCUT2D eigenvalue weighted by molar-refractivity contribution is 6.59. The Hall–Kier alpha value is -1.26. The van der Waals surface area contributed by atoms with Crippen molar-refractivity contribution >= 4 is 57.7 Å². The smallest absolute Gasteiger partial charge is 0.258 e. The second-order valence-electron chi connectivity index (χ2n) is 4.07. The molecule has 3 nitrogen and oxygen atoms in total. The van der Waals surface area contributed by atoms with Crippen molar-refractivity contribution in [1.82, 2.24) is 0 Å². The maximum Gasteiger partial charge on any atom is 0.287 e. The fraction of sp³-hybridized carbons (Fsp3) is 0. The molecule has 108 valence electrons. The van der Waals surface area contributed by atoms with Crippen LogP contribution in [-0.4, -0.2) is 4.92 Å². The molecule has 0 bridgehead atoms. The van der Waals surface area contributed by atoms with Crippen molar-refractivity contribution in [3.8, 4) is 0 Å². The van der Waals surface area contributed by atoms with Crippen molar-refractivity contribution in [2.75, 3.05) is 0 Å². The zero-order valence-electron chi connectivity index (χ0n) is 10.3. The van der Waals surface area contributed by atoms with E-state index < -0.39 is 4.92 Å². The van der Waals surface area contributed by atoms with Crippen molar-refractivity contribution < 1.29 is 4.92 Å². The summed E-state index contributed by atoms with van der Waals surface area (Å²) in [6, 6.07) is 11.2. The highest BCUT2D eigenvalue weighted by Gasteiger charge is 2.16. The van der Waals surface area contributed by atoms with E-state index in [1.165, 1.54) is 12.1 Å². The molecule has 2 aromatic rings. The van der Waals surface area contributed by atoms with Gasteiger partial charge in [-0.3, -0.25) is 10.1 Å². The molecule has 0 amide bonds. The van der Waals surface area contributed by atoms with Gasteiger partial charge in [0, 0.05) is 16.7 Å². The Kier molecular flexibility index (Phi) is 5.12. The highest BCUT2D eigenvalue weighted by Crippen LogP contribution is 2.35. The van der Waals surface area contributed by atoms with Gasteiger partial charge in [0.2, 0.25) is 0 Å². The zero-order valence-corrected chi connectivity index (χ0v) is 13.3. The van der Waals surface area contributed by atoms with E-state index in [4.69, 9.17) is 46.4 Å². The minimum absolute atomic E-state index is 0.0125. The normalized spacial score (nSPS) is 10.3. The number of nitro groups is 1. The summed E-state index contributed by atoms with van der Waals surface area (Å²) >= 11 is 23.6. The van der Waals surface area contributed by atoms with E-state index in [9.17, 15) is 10.1 Å². The SMILES string of the molecule is O=[N+]([O-])c1ccc(C(=C(Cl)Cl)c2ccc(Cl)cc2)cc1Cl. The van der Waals surface area contributed by atoms with E-state index in [0.29, 0.717) is 16.2 Å². The van der Waals surface area contributed by atoms with Gasteiger partial charge in [0.05, 0.1) is 4.92 Å². The minimum Gasteiger partial charge on any atom is -0.258 e. The molecule has 0 spiro atoms. The molecule has 0 saturated carbocycles. The van der Waals surface area contributed by atoms with Gasteiger partial charge in [-0.1, -0.05) is 58.5 Å². The second-order valence-corrected chi connectivity index (χ2v) is 5.86. The molecule has 0 aliphatic rings. The number of hydrogen-bond acceptors (Lipinski definition) is 2. The Morgan fingerprint density at radius 2 is 1.52 bits per heavy atom. The lowest BCUT2D eigenvalue weighted by molar-refractivity contribution is -0.384. The van der Waals surface area contributed by atoms with Crippen molar-refractivity contribution in [2.45, 2.75) is 0 Å². The second kappa shape index (κ2) is 6.67. The van der Waals surface area contributed by atoms with Crippen LogP contribution in [0.4, 0.5) is 5.69 Å². The quantitative estimate of drug-likeness (QED) is 0.489. The molecule has 2 rings (SSSR count). The summed E-state index contributed by atoms with van der Waals surface area (Å²) in [6.07, 6.45) is 0. The molecular weight excluding hydrogens is 356 g/mol. The van der Waals surface area contributed by atoms with Crippen molar-refractivity contribution in [2.24, 2.45) is 0 Å².